The molecule has 3 N–H and O–H groups in total. The third-order valence-corrected chi connectivity index (χ3v) is 3.03. The third-order valence-electron chi connectivity index (χ3n) is 3.03. The summed E-state index contributed by atoms with van der Waals surface area (Å²) < 4.78 is 6.96. The Hall–Kier alpha value is -1.56. The monoisotopic (exact) mass is 252 g/mol. The van der Waals surface area contributed by atoms with Gasteiger partial charge in [-0.1, -0.05) is 0 Å². The summed E-state index contributed by atoms with van der Waals surface area (Å²) in [5, 5.41) is 6.73. The van der Waals surface area contributed by atoms with Crippen LogP contribution in [0.15, 0.2) is 6.20 Å². The molecule has 1 aromatic rings. The van der Waals surface area contributed by atoms with Crippen LogP contribution >= 0.6 is 0 Å². The lowest BCUT2D eigenvalue weighted by atomic mass is 10.3. The lowest BCUT2D eigenvalue weighted by Crippen LogP contribution is -2.26. The van der Waals surface area contributed by atoms with E-state index in [0.29, 0.717) is 24.5 Å². The Labute approximate surface area is 106 Å². The van der Waals surface area contributed by atoms with E-state index >= 15 is 0 Å². The quantitative estimate of drug-likeness (QED) is 0.694. The molecule has 0 bridgehead atoms. The molecule has 0 aliphatic heterocycles. The summed E-state index contributed by atoms with van der Waals surface area (Å²) in [7, 11) is 1.71. The van der Waals surface area contributed by atoms with Crippen molar-refractivity contribution in [3.8, 4) is 0 Å². The molecular formula is C12H20N4O2. The standard InChI is InChI=1S/C12H20N4O2/c1-16-11(13)10(7-15-16)12(17)14-5-2-6-18-8-9-3-4-9/h7,9H,2-6,8,13H2,1H3,(H,14,17). The molecule has 18 heavy (non-hydrogen) atoms. The number of rotatable bonds is 7. The van der Waals surface area contributed by atoms with Gasteiger partial charge in [0.05, 0.1) is 6.20 Å². The highest BCUT2D eigenvalue weighted by atomic mass is 16.5. The number of nitrogen functional groups attached to an aromatic ring is 1. The third kappa shape index (κ3) is 3.46. The molecule has 0 atom stereocenters. The van der Waals surface area contributed by atoms with Crippen molar-refractivity contribution in [1.82, 2.24) is 15.1 Å². The van der Waals surface area contributed by atoms with Gasteiger partial charge in [-0.25, -0.2) is 0 Å². The lowest BCUT2D eigenvalue weighted by Gasteiger charge is -2.05. The minimum Gasteiger partial charge on any atom is -0.383 e. The summed E-state index contributed by atoms with van der Waals surface area (Å²) in [4.78, 5) is 11.7. The van der Waals surface area contributed by atoms with E-state index in [2.05, 4.69) is 10.4 Å². The van der Waals surface area contributed by atoms with Gasteiger partial charge in [-0.2, -0.15) is 5.10 Å². The first-order valence-electron chi connectivity index (χ1n) is 6.32. The molecule has 0 unspecified atom stereocenters. The van der Waals surface area contributed by atoms with Crippen LogP contribution < -0.4 is 11.1 Å². The van der Waals surface area contributed by atoms with Crippen LogP contribution in [-0.2, 0) is 11.8 Å². The molecule has 1 aromatic heterocycles. The van der Waals surface area contributed by atoms with Crippen molar-refractivity contribution in [3.63, 3.8) is 0 Å². The molecule has 1 aliphatic carbocycles. The SMILES string of the molecule is Cn1ncc(C(=O)NCCCOCC2CC2)c1N. The normalized spacial score (nSPS) is 14.7. The van der Waals surface area contributed by atoms with Gasteiger partial charge < -0.3 is 15.8 Å². The zero-order valence-corrected chi connectivity index (χ0v) is 10.7. The van der Waals surface area contributed by atoms with Crippen molar-refractivity contribution >= 4 is 11.7 Å². The average molecular weight is 252 g/mol. The molecular weight excluding hydrogens is 232 g/mol. The molecule has 1 aliphatic rings. The Morgan fingerprint density at radius 3 is 3.06 bits per heavy atom. The van der Waals surface area contributed by atoms with Crippen molar-refractivity contribution in [3.05, 3.63) is 11.8 Å². The molecule has 1 amide bonds. The van der Waals surface area contributed by atoms with Crippen molar-refractivity contribution < 1.29 is 9.53 Å². The van der Waals surface area contributed by atoms with E-state index in [-0.39, 0.29) is 5.91 Å². The van der Waals surface area contributed by atoms with Gasteiger partial charge in [0.2, 0.25) is 0 Å². The number of hydrogen-bond acceptors (Lipinski definition) is 4. The molecule has 0 saturated heterocycles. The summed E-state index contributed by atoms with van der Waals surface area (Å²) >= 11 is 0. The smallest absolute Gasteiger partial charge is 0.256 e. The zero-order valence-electron chi connectivity index (χ0n) is 10.7. The Kier molecular flexibility index (Phi) is 4.19. The van der Waals surface area contributed by atoms with Gasteiger partial charge in [0.25, 0.3) is 5.91 Å². The van der Waals surface area contributed by atoms with Crippen molar-refractivity contribution in [1.29, 1.82) is 0 Å². The number of nitrogens with zero attached hydrogens (tertiary/aromatic N) is 2. The van der Waals surface area contributed by atoms with E-state index in [1.54, 1.807) is 7.05 Å². The molecule has 1 saturated carbocycles. The van der Waals surface area contributed by atoms with Crippen LogP contribution in [0, 0.1) is 5.92 Å². The number of hydrogen-bond donors (Lipinski definition) is 2. The maximum Gasteiger partial charge on any atom is 0.256 e. The maximum atomic E-state index is 11.7. The van der Waals surface area contributed by atoms with Crippen molar-refractivity contribution in [2.75, 3.05) is 25.5 Å². The Morgan fingerprint density at radius 1 is 1.67 bits per heavy atom. The number of anilines is 1. The summed E-state index contributed by atoms with van der Waals surface area (Å²) in [6.07, 6.45) is 4.90. The second-order valence-corrected chi connectivity index (χ2v) is 4.69. The highest BCUT2D eigenvalue weighted by Crippen LogP contribution is 2.28. The summed E-state index contributed by atoms with van der Waals surface area (Å²) in [5.74, 6) is 0.995. The summed E-state index contributed by atoms with van der Waals surface area (Å²) in [6.45, 7) is 2.15. The number of aryl methyl sites for hydroxylation is 1. The fourth-order valence-electron chi connectivity index (χ4n) is 1.63. The number of nitrogens with one attached hydrogen (secondary N) is 1. The number of ether oxygens (including phenoxy) is 1. The maximum absolute atomic E-state index is 11.7. The topological polar surface area (TPSA) is 82.2 Å². The van der Waals surface area contributed by atoms with Gasteiger partial charge in [0.15, 0.2) is 0 Å². The molecule has 100 valence electrons. The number of aromatic nitrogens is 2. The van der Waals surface area contributed by atoms with Gasteiger partial charge >= 0.3 is 0 Å². The predicted octanol–water partition coefficient (Wildman–Crippen LogP) is 0.549. The summed E-state index contributed by atoms with van der Waals surface area (Å²) in [6, 6.07) is 0. The van der Waals surface area contributed by atoms with Crippen LogP contribution in [0.5, 0.6) is 0 Å². The van der Waals surface area contributed by atoms with Crippen LogP contribution in [0.1, 0.15) is 29.6 Å². The minimum atomic E-state index is -0.178. The van der Waals surface area contributed by atoms with E-state index in [1.165, 1.54) is 23.7 Å². The van der Waals surface area contributed by atoms with Crippen LogP contribution in [0.4, 0.5) is 5.82 Å². The molecule has 0 spiro atoms. The van der Waals surface area contributed by atoms with Crippen molar-refractivity contribution in [2.45, 2.75) is 19.3 Å². The fourth-order valence-corrected chi connectivity index (χ4v) is 1.63. The van der Waals surface area contributed by atoms with Gasteiger partial charge in [0.1, 0.15) is 11.4 Å². The van der Waals surface area contributed by atoms with E-state index in [9.17, 15) is 4.79 Å². The van der Waals surface area contributed by atoms with Crippen molar-refractivity contribution in [2.24, 2.45) is 13.0 Å². The number of amides is 1. The molecule has 0 aromatic carbocycles. The first-order valence-corrected chi connectivity index (χ1v) is 6.32. The van der Waals surface area contributed by atoms with Crippen LogP contribution in [-0.4, -0.2) is 35.4 Å². The first kappa shape index (κ1) is 12.9. The highest BCUT2D eigenvalue weighted by molar-refractivity contribution is 5.98. The predicted molar refractivity (Wildman–Crippen MR) is 68.1 cm³/mol. The Bertz CT molecular complexity index is 412. The highest BCUT2D eigenvalue weighted by Gasteiger charge is 2.20. The second-order valence-electron chi connectivity index (χ2n) is 4.69. The Balaban J connectivity index is 1.60. The molecule has 0 radical (unpaired) electrons. The zero-order chi connectivity index (χ0) is 13.0. The fraction of sp³-hybridized carbons (Fsp3) is 0.667. The van der Waals surface area contributed by atoms with Crippen LogP contribution in [0.2, 0.25) is 0 Å². The van der Waals surface area contributed by atoms with E-state index in [0.717, 1.165) is 18.9 Å². The van der Waals surface area contributed by atoms with Gasteiger partial charge in [0, 0.05) is 26.8 Å². The van der Waals surface area contributed by atoms with Crippen LogP contribution in [0.25, 0.3) is 0 Å². The van der Waals surface area contributed by atoms with Gasteiger partial charge in [-0.15, -0.1) is 0 Å². The van der Waals surface area contributed by atoms with Gasteiger partial charge in [-0.3, -0.25) is 9.48 Å². The Morgan fingerprint density at radius 2 is 2.44 bits per heavy atom. The molecule has 1 fully saturated rings. The van der Waals surface area contributed by atoms with E-state index < -0.39 is 0 Å². The molecule has 6 nitrogen and oxygen atoms in total. The molecule has 6 heteroatoms. The van der Waals surface area contributed by atoms with Gasteiger partial charge in [-0.05, 0) is 25.2 Å². The number of nitrogens with two attached hydrogens (primary N) is 1. The van der Waals surface area contributed by atoms with Crippen LogP contribution in [0.3, 0.4) is 0 Å². The second kappa shape index (κ2) is 5.86. The summed E-state index contributed by atoms with van der Waals surface area (Å²) in [5.41, 5.74) is 6.14. The number of carbonyl (C=O) groups is 1. The first-order chi connectivity index (χ1) is 8.68. The van der Waals surface area contributed by atoms with E-state index in [4.69, 9.17) is 10.5 Å². The van der Waals surface area contributed by atoms with E-state index in [1.807, 2.05) is 0 Å². The minimum absolute atomic E-state index is 0.178. The largest absolute Gasteiger partial charge is 0.383 e. The molecule has 2 rings (SSSR count). The number of carbonyl (C=O) groups excluding carboxylic acids is 1. The average Bonchev–Trinajstić information content (AvgIpc) is 3.11. The molecule has 1 heterocycles. The lowest BCUT2D eigenvalue weighted by molar-refractivity contribution is 0.0938.